The molecule has 2 aromatic carbocycles. The first-order chi connectivity index (χ1) is 17.4. The number of benzene rings is 2. The van der Waals surface area contributed by atoms with Gasteiger partial charge in [0.25, 0.3) is 0 Å². The van der Waals surface area contributed by atoms with Crippen LogP contribution >= 0.6 is 23.2 Å². The van der Waals surface area contributed by atoms with Gasteiger partial charge >= 0.3 is 6.03 Å². The maximum absolute atomic E-state index is 13.2. The van der Waals surface area contributed by atoms with Gasteiger partial charge in [0.2, 0.25) is 5.91 Å². The molecule has 0 aliphatic carbocycles. The minimum atomic E-state index is -0.111. The van der Waals surface area contributed by atoms with Gasteiger partial charge < -0.3 is 20.0 Å². The molecule has 1 unspecified atom stereocenters. The molecule has 2 aromatic rings. The molecule has 1 N–H and O–H groups in total. The highest BCUT2D eigenvalue weighted by atomic mass is 35.5. The number of likely N-dealkylation sites (tertiary alicyclic amines) is 1. The number of rotatable bonds is 9. The summed E-state index contributed by atoms with van der Waals surface area (Å²) in [4.78, 5) is 31.9. The lowest BCUT2D eigenvalue weighted by Gasteiger charge is -2.43. The minimum Gasteiger partial charge on any atom is -0.350 e. The van der Waals surface area contributed by atoms with Crippen LogP contribution in [0.2, 0.25) is 10.0 Å². The van der Waals surface area contributed by atoms with E-state index in [2.05, 4.69) is 23.2 Å². The summed E-state index contributed by atoms with van der Waals surface area (Å²) in [6.07, 6.45) is 3.90. The maximum atomic E-state index is 13.2. The molecule has 194 valence electrons. The molecule has 8 heteroatoms. The van der Waals surface area contributed by atoms with Crippen molar-refractivity contribution in [3.05, 3.63) is 69.7 Å². The third-order valence-corrected chi connectivity index (χ3v) is 8.14. The summed E-state index contributed by atoms with van der Waals surface area (Å²) in [5.74, 6) is 0.294. The van der Waals surface area contributed by atoms with Crippen LogP contribution < -0.4 is 5.32 Å². The highest BCUT2D eigenvalue weighted by molar-refractivity contribution is 6.42. The van der Waals surface area contributed by atoms with Crippen molar-refractivity contribution in [3.8, 4) is 0 Å². The van der Waals surface area contributed by atoms with Gasteiger partial charge in [-0.3, -0.25) is 4.79 Å². The molecule has 0 saturated carbocycles. The number of hydrogen-bond donors (Lipinski definition) is 1. The lowest BCUT2D eigenvalue weighted by Crippen LogP contribution is -2.57. The second kappa shape index (κ2) is 12.8. The smallest absolute Gasteiger partial charge is 0.320 e. The van der Waals surface area contributed by atoms with E-state index in [1.54, 1.807) is 4.90 Å². The van der Waals surface area contributed by atoms with Gasteiger partial charge in [0, 0.05) is 38.8 Å². The summed E-state index contributed by atoms with van der Waals surface area (Å²) < 4.78 is 0. The molecule has 3 amide bonds. The first-order valence-corrected chi connectivity index (χ1v) is 13.7. The number of nitrogens with zero attached hydrogens (tertiary/aromatic N) is 3. The molecule has 0 spiro atoms. The van der Waals surface area contributed by atoms with Gasteiger partial charge in [0.15, 0.2) is 0 Å². The molecular weight excluding hydrogens is 495 g/mol. The zero-order chi connectivity index (χ0) is 25.5. The lowest BCUT2D eigenvalue weighted by atomic mass is 9.96. The van der Waals surface area contributed by atoms with Crippen LogP contribution in [0.15, 0.2) is 48.5 Å². The number of carbonyl (C=O) groups excluding carboxylic acids is 2. The van der Waals surface area contributed by atoms with Crippen LogP contribution in [0.4, 0.5) is 4.79 Å². The molecule has 4 rings (SSSR count). The molecule has 2 aliphatic heterocycles. The molecule has 2 aliphatic rings. The summed E-state index contributed by atoms with van der Waals surface area (Å²) >= 11 is 12.2. The topological polar surface area (TPSA) is 55.9 Å². The Morgan fingerprint density at radius 3 is 2.50 bits per heavy atom. The second-order valence-electron chi connectivity index (χ2n) is 9.95. The van der Waals surface area contributed by atoms with E-state index < -0.39 is 0 Å². The fourth-order valence-corrected chi connectivity index (χ4v) is 5.44. The largest absolute Gasteiger partial charge is 0.350 e. The van der Waals surface area contributed by atoms with E-state index in [4.69, 9.17) is 23.2 Å². The number of amides is 3. The first-order valence-electron chi connectivity index (χ1n) is 12.9. The summed E-state index contributed by atoms with van der Waals surface area (Å²) in [6.45, 7) is 7.24. The molecule has 0 aromatic heterocycles. The van der Waals surface area contributed by atoms with Crippen molar-refractivity contribution in [1.29, 1.82) is 0 Å². The molecule has 2 fully saturated rings. The Hall–Kier alpha value is -2.28. The van der Waals surface area contributed by atoms with Crippen molar-refractivity contribution in [3.63, 3.8) is 0 Å². The average molecular weight is 532 g/mol. The number of urea groups is 1. The van der Waals surface area contributed by atoms with Crippen LogP contribution in [-0.4, -0.2) is 71.9 Å². The maximum Gasteiger partial charge on any atom is 0.320 e. The van der Waals surface area contributed by atoms with E-state index in [1.165, 1.54) is 5.56 Å². The number of halogens is 2. The van der Waals surface area contributed by atoms with Gasteiger partial charge in [-0.2, -0.15) is 0 Å². The number of nitrogens with one attached hydrogen (secondary N) is 1. The van der Waals surface area contributed by atoms with E-state index in [0.29, 0.717) is 29.1 Å². The van der Waals surface area contributed by atoms with Crippen molar-refractivity contribution >= 4 is 35.1 Å². The Labute approximate surface area is 224 Å². The summed E-state index contributed by atoms with van der Waals surface area (Å²) in [7, 11) is 0. The van der Waals surface area contributed by atoms with Crippen molar-refractivity contribution < 1.29 is 9.59 Å². The molecule has 1 atom stereocenters. The van der Waals surface area contributed by atoms with Crippen molar-refractivity contribution in [1.82, 2.24) is 20.0 Å². The second-order valence-corrected chi connectivity index (χ2v) is 10.8. The standard InChI is InChI=1S/C28H36Cl2N4O2/c1-21(23-8-9-25(29)26(30)18-23)10-15-32-16-11-24(12-17-32)34-14-5-13-33(28(34)36)20-27(35)31-19-22-6-3-2-4-7-22/h2-4,6-9,18,21,24H,5,10-17,19-20H2,1H3,(H,31,35). The van der Waals surface area contributed by atoms with Crippen LogP contribution in [-0.2, 0) is 11.3 Å². The third-order valence-electron chi connectivity index (χ3n) is 7.40. The van der Waals surface area contributed by atoms with Crippen LogP contribution in [0.3, 0.4) is 0 Å². The Balaban J connectivity index is 1.20. The van der Waals surface area contributed by atoms with Gasteiger partial charge in [-0.25, -0.2) is 4.79 Å². The highest BCUT2D eigenvalue weighted by Crippen LogP contribution is 2.28. The SMILES string of the molecule is CC(CCN1CCC(N2CCCN(CC(=O)NCc3ccccc3)C2=O)CC1)c1ccc(Cl)c(Cl)c1. The fraction of sp³-hybridized carbons (Fsp3) is 0.500. The van der Waals surface area contributed by atoms with Crippen molar-refractivity contribution in [2.24, 2.45) is 0 Å². The minimum absolute atomic E-state index is 0.00259. The molecular formula is C28H36Cl2N4O2. The summed E-state index contributed by atoms with van der Waals surface area (Å²) in [5.41, 5.74) is 2.27. The Morgan fingerprint density at radius 1 is 1.03 bits per heavy atom. The van der Waals surface area contributed by atoms with Gasteiger partial charge in [0.1, 0.15) is 6.54 Å². The zero-order valence-electron chi connectivity index (χ0n) is 21.0. The fourth-order valence-electron chi connectivity index (χ4n) is 5.13. The van der Waals surface area contributed by atoms with Crippen LogP contribution in [0.1, 0.15) is 49.7 Å². The molecule has 0 bridgehead atoms. The highest BCUT2D eigenvalue weighted by Gasteiger charge is 2.33. The Kier molecular flexibility index (Phi) is 9.52. The van der Waals surface area contributed by atoms with E-state index >= 15 is 0 Å². The van der Waals surface area contributed by atoms with Gasteiger partial charge in [-0.1, -0.05) is 66.5 Å². The summed E-state index contributed by atoms with van der Waals surface area (Å²) in [6, 6.07) is 16.0. The quantitative estimate of drug-likeness (QED) is 0.472. The number of hydrogen-bond acceptors (Lipinski definition) is 3. The van der Waals surface area contributed by atoms with Gasteiger partial charge in [-0.15, -0.1) is 0 Å². The predicted octanol–water partition coefficient (Wildman–Crippen LogP) is 5.40. The number of piperidine rings is 1. The van der Waals surface area contributed by atoms with Gasteiger partial charge in [-0.05, 0) is 61.4 Å². The molecule has 0 radical (unpaired) electrons. The monoisotopic (exact) mass is 530 g/mol. The van der Waals surface area contributed by atoms with E-state index in [0.717, 1.165) is 57.4 Å². The average Bonchev–Trinajstić information content (AvgIpc) is 2.90. The molecule has 2 saturated heterocycles. The van der Waals surface area contributed by atoms with Crippen molar-refractivity contribution in [2.75, 3.05) is 39.3 Å². The van der Waals surface area contributed by atoms with Crippen LogP contribution in [0, 0.1) is 0 Å². The summed E-state index contributed by atoms with van der Waals surface area (Å²) in [5, 5.41) is 4.13. The number of carbonyl (C=O) groups is 2. The molecule has 36 heavy (non-hydrogen) atoms. The van der Waals surface area contributed by atoms with Crippen molar-refractivity contribution in [2.45, 2.75) is 51.1 Å². The Morgan fingerprint density at radius 2 is 1.78 bits per heavy atom. The third kappa shape index (κ3) is 7.15. The normalized spacial score (nSPS) is 18.4. The zero-order valence-corrected chi connectivity index (χ0v) is 22.5. The molecule has 6 nitrogen and oxygen atoms in total. The van der Waals surface area contributed by atoms with E-state index in [1.807, 2.05) is 47.4 Å². The van der Waals surface area contributed by atoms with Crippen LogP contribution in [0.5, 0.6) is 0 Å². The van der Waals surface area contributed by atoms with E-state index in [9.17, 15) is 9.59 Å². The van der Waals surface area contributed by atoms with E-state index in [-0.39, 0.29) is 24.5 Å². The lowest BCUT2D eigenvalue weighted by molar-refractivity contribution is -0.122. The first kappa shape index (κ1) is 26.8. The Bertz CT molecular complexity index is 1030. The van der Waals surface area contributed by atoms with Gasteiger partial charge in [0.05, 0.1) is 10.0 Å². The predicted molar refractivity (Wildman–Crippen MR) is 146 cm³/mol. The molecule has 2 heterocycles. The van der Waals surface area contributed by atoms with Crippen LogP contribution in [0.25, 0.3) is 0 Å².